The highest BCUT2D eigenvalue weighted by Crippen LogP contribution is 2.31. The number of hydrogen-bond donors (Lipinski definition) is 2. The maximum absolute atomic E-state index is 11.5. The van der Waals surface area contributed by atoms with E-state index in [0.717, 1.165) is 25.3 Å². The molecule has 5 nitrogen and oxygen atoms in total. The highest BCUT2D eigenvalue weighted by molar-refractivity contribution is 5.67. The summed E-state index contributed by atoms with van der Waals surface area (Å²) in [5.41, 5.74) is 0.741. The van der Waals surface area contributed by atoms with E-state index >= 15 is 0 Å². The third-order valence-electron chi connectivity index (χ3n) is 3.37. The fraction of sp³-hybridized carbons (Fsp3) is 0.500. The molecule has 1 atom stereocenters. The molecule has 0 radical (unpaired) electrons. The van der Waals surface area contributed by atoms with Gasteiger partial charge in [-0.3, -0.25) is 0 Å². The standard InChI is InChI=1S/C18H26N2O3/c1-18(2,3)23-17(21)20-12-7-6-11-19-15-10-13-22-16-9-5-4-8-14(15)16/h4-9,15,19H,10-13H2,1-3H3,(H,20,21)/b7-6+. The molecule has 23 heavy (non-hydrogen) atoms. The van der Waals surface area contributed by atoms with Gasteiger partial charge in [0.25, 0.3) is 0 Å². The first-order valence-corrected chi connectivity index (χ1v) is 8.03. The monoisotopic (exact) mass is 318 g/mol. The number of rotatable bonds is 5. The van der Waals surface area contributed by atoms with Crippen LogP contribution in [-0.2, 0) is 4.74 Å². The van der Waals surface area contributed by atoms with E-state index in [1.165, 1.54) is 5.56 Å². The van der Waals surface area contributed by atoms with E-state index in [0.29, 0.717) is 12.6 Å². The molecular formula is C18H26N2O3. The predicted molar refractivity (Wildman–Crippen MR) is 90.7 cm³/mol. The Balaban J connectivity index is 1.69. The Hall–Kier alpha value is -2.01. The lowest BCUT2D eigenvalue weighted by molar-refractivity contribution is 0.0534. The Morgan fingerprint density at radius 3 is 2.83 bits per heavy atom. The second-order valence-electron chi connectivity index (χ2n) is 6.49. The van der Waals surface area contributed by atoms with Crippen LogP contribution in [0.5, 0.6) is 5.75 Å². The van der Waals surface area contributed by atoms with Crippen LogP contribution in [-0.4, -0.2) is 31.4 Å². The van der Waals surface area contributed by atoms with Crippen molar-refractivity contribution >= 4 is 6.09 Å². The zero-order valence-corrected chi connectivity index (χ0v) is 14.1. The number of alkyl carbamates (subject to hydrolysis) is 1. The molecule has 5 heteroatoms. The third-order valence-corrected chi connectivity index (χ3v) is 3.37. The minimum absolute atomic E-state index is 0.309. The summed E-state index contributed by atoms with van der Waals surface area (Å²) in [7, 11) is 0. The zero-order chi connectivity index (χ0) is 16.7. The van der Waals surface area contributed by atoms with Crippen molar-refractivity contribution in [2.75, 3.05) is 19.7 Å². The normalized spacial score (nSPS) is 17.4. The first kappa shape index (κ1) is 17.3. The Morgan fingerprint density at radius 2 is 2.04 bits per heavy atom. The molecule has 1 aliphatic heterocycles. The number of benzene rings is 1. The van der Waals surface area contributed by atoms with Crippen LogP contribution in [0.2, 0.25) is 0 Å². The molecule has 1 aromatic carbocycles. The van der Waals surface area contributed by atoms with Crippen molar-refractivity contribution in [3.05, 3.63) is 42.0 Å². The van der Waals surface area contributed by atoms with E-state index < -0.39 is 11.7 Å². The molecule has 0 aromatic heterocycles. The van der Waals surface area contributed by atoms with Gasteiger partial charge in [0.1, 0.15) is 11.4 Å². The van der Waals surface area contributed by atoms with Crippen LogP contribution in [0.15, 0.2) is 36.4 Å². The summed E-state index contributed by atoms with van der Waals surface area (Å²) in [6.45, 7) is 7.47. The fourth-order valence-corrected chi connectivity index (χ4v) is 2.39. The quantitative estimate of drug-likeness (QED) is 0.819. The fourth-order valence-electron chi connectivity index (χ4n) is 2.39. The number of fused-ring (bicyclic) bond motifs is 1. The van der Waals surface area contributed by atoms with Gasteiger partial charge in [0.05, 0.1) is 6.61 Å². The van der Waals surface area contributed by atoms with E-state index in [1.54, 1.807) is 0 Å². The van der Waals surface area contributed by atoms with Crippen molar-refractivity contribution < 1.29 is 14.3 Å². The highest BCUT2D eigenvalue weighted by Gasteiger charge is 2.19. The van der Waals surface area contributed by atoms with E-state index in [2.05, 4.69) is 16.7 Å². The molecule has 2 N–H and O–H groups in total. The van der Waals surface area contributed by atoms with Gasteiger partial charge in [-0.1, -0.05) is 30.4 Å². The van der Waals surface area contributed by atoms with E-state index in [1.807, 2.05) is 51.1 Å². The van der Waals surface area contributed by atoms with Gasteiger partial charge in [-0.05, 0) is 26.8 Å². The summed E-state index contributed by atoms with van der Waals surface area (Å²) < 4.78 is 10.8. The van der Waals surface area contributed by atoms with E-state index in [4.69, 9.17) is 9.47 Å². The largest absolute Gasteiger partial charge is 0.493 e. The van der Waals surface area contributed by atoms with Crippen molar-refractivity contribution in [1.82, 2.24) is 10.6 Å². The topological polar surface area (TPSA) is 59.6 Å². The van der Waals surface area contributed by atoms with Crippen LogP contribution in [0.25, 0.3) is 0 Å². The molecule has 1 heterocycles. The van der Waals surface area contributed by atoms with Crippen molar-refractivity contribution in [2.24, 2.45) is 0 Å². The van der Waals surface area contributed by atoms with Crippen LogP contribution in [0.4, 0.5) is 4.79 Å². The molecule has 0 aliphatic carbocycles. The summed E-state index contributed by atoms with van der Waals surface area (Å²) in [6, 6.07) is 8.43. The molecule has 0 spiro atoms. The van der Waals surface area contributed by atoms with Gasteiger partial charge in [0.15, 0.2) is 0 Å². The van der Waals surface area contributed by atoms with Crippen LogP contribution >= 0.6 is 0 Å². The lowest BCUT2D eigenvalue weighted by Crippen LogP contribution is -2.32. The SMILES string of the molecule is CC(C)(C)OC(=O)NC/C=C/CNC1CCOc2ccccc21. The van der Waals surface area contributed by atoms with Crippen LogP contribution in [0.3, 0.4) is 0 Å². The number of para-hydroxylation sites is 1. The summed E-state index contributed by atoms with van der Waals surface area (Å²) in [5.74, 6) is 0.965. The maximum atomic E-state index is 11.5. The Labute approximate surface area is 138 Å². The maximum Gasteiger partial charge on any atom is 0.407 e. The van der Waals surface area contributed by atoms with Crippen LogP contribution in [0.1, 0.15) is 38.8 Å². The minimum Gasteiger partial charge on any atom is -0.493 e. The number of hydrogen-bond acceptors (Lipinski definition) is 4. The molecule has 2 rings (SSSR count). The smallest absolute Gasteiger partial charge is 0.407 e. The van der Waals surface area contributed by atoms with Gasteiger partial charge in [-0.25, -0.2) is 4.79 Å². The van der Waals surface area contributed by atoms with Gasteiger partial charge < -0.3 is 20.1 Å². The van der Waals surface area contributed by atoms with Crippen molar-refractivity contribution in [2.45, 2.75) is 38.8 Å². The number of carbonyl (C=O) groups is 1. The summed E-state index contributed by atoms with van der Waals surface area (Å²) in [5, 5.41) is 6.19. The predicted octanol–water partition coefficient (Wildman–Crippen LogP) is 3.18. The molecule has 0 bridgehead atoms. The Bertz CT molecular complexity index is 549. The molecular weight excluding hydrogens is 292 g/mol. The van der Waals surface area contributed by atoms with Crippen LogP contribution in [0, 0.1) is 0 Å². The lowest BCUT2D eigenvalue weighted by atomic mass is 10.0. The molecule has 1 aromatic rings. The second kappa shape index (κ2) is 8.02. The molecule has 126 valence electrons. The van der Waals surface area contributed by atoms with Gasteiger partial charge in [0, 0.05) is 31.1 Å². The van der Waals surface area contributed by atoms with Crippen LogP contribution < -0.4 is 15.4 Å². The van der Waals surface area contributed by atoms with Crippen molar-refractivity contribution in [1.29, 1.82) is 0 Å². The molecule has 1 unspecified atom stereocenters. The van der Waals surface area contributed by atoms with Crippen molar-refractivity contribution in [3.63, 3.8) is 0 Å². The molecule has 1 aliphatic rings. The summed E-state index contributed by atoms with van der Waals surface area (Å²) in [6.07, 6.45) is 4.49. The Morgan fingerprint density at radius 1 is 1.30 bits per heavy atom. The first-order valence-electron chi connectivity index (χ1n) is 8.03. The van der Waals surface area contributed by atoms with Gasteiger partial charge in [-0.2, -0.15) is 0 Å². The number of nitrogens with one attached hydrogen (secondary N) is 2. The second-order valence-corrected chi connectivity index (χ2v) is 6.49. The molecule has 0 saturated carbocycles. The number of amides is 1. The Kier molecular flexibility index (Phi) is 6.04. The van der Waals surface area contributed by atoms with Gasteiger partial charge in [0.2, 0.25) is 0 Å². The summed E-state index contributed by atoms with van der Waals surface area (Å²) in [4.78, 5) is 11.5. The molecule has 1 amide bonds. The van der Waals surface area contributed by atoms with Crippen molar-refractivity contribution in [3.8, 4) is 5.75 Å². The average Bonchev–Trinajstić information content (AvgIpc) is 2.49. The first-order chi connectivity index (χ1) is 11.0. The van der Waals surface area contributed by atoms with E-state index in [-0.39, 0.29) is 0 Å². The average molecular weight is 318 g/mol. The third kappa shape index (κ3) is 5.94. The van der Waals surface area contributed by atoms with E-state index in [9.17, 15) is 4.79 Å². The van der Waals surface area contributed by atoms with Gasteiger partial charge >= 0.3 is 6.09 Å². The lowest BCUT2D eigenvalue weighted by Gasteiger charge is -2.26. The number of carbonyl (C=O) groups excluding carboxylic acids is 1. The minimum atomic E-state index is -0.466. The molecule has 0 fully saturated rings. The molecule has 0 saturated heterocycles. The zero-order valence-electron chi connectivity index (χ0n) is 14.1. The highest BCUT2D eigenvalue weighted by atomic mass is 16.6. The summed E-state index contributed by atoms with van der Waals surface area (Å²) >= 11 is 0. The van der Waals surface area contributed by atoms with Gasteiger partial charge in [-0.15, -0.1) is 0 Å². The number of ether oxygens (including phenoxy) is 2.